The Balaban J connectivity index is 1.83. The maximum atomic E-state index is 13.2. The topological polar surface area (TPSA) is 118 Å². The normalized spacial score (nSPS) is 35.7. The van der Waals surface area contributed by atoms with Crippen molar-refractivity contribution in [3.8, 4) is 0 Å². The van der Waals surface area contributed by atoms with Crippen LogP contribution in [0.4, 0.5) is 4.39 Å². The van der Waals surface area contributed by atoms with E-state index in [-0.39, 0.29) is 27.9 Å². The molecule has 1 aromatic carbocycles. The minimum atomic E-state index is -4.19. The van der Waals surface area contributed by atoms with Crippen LogP contribution >= 0.6 is 0 Å². The first kappa shape index (κ1) is 18.3. The standard InChI is InChI=1S/C14H17FN2O6S3/c15-9-1-3-10(4-2-9)26(22,23)17-13-7-24(18,19)5-11(13)16-12-6-25(20,21)8-14(12)17/h1-4,11-14,16H,5-8H2/t11-,12+,13+,14-. The Hall–Kier alpha value is -1.08. The van der Waals surface area contributed by atoms with Gasteiger partial charge in [0.1, 0.15) is 5.82 Å². The molecule has 1 N–H and O–H groups in total. The van der Waals surface area contributed by atoms with Crippen molar-refractivity contribution in [1.82, 2.24) is 9.62 Å². The Labute approximate surface area is 151 Å². The van der Waals surface area contributed by atoms with Crippen molar-refractivity contribution in [2.45, 2.75) is 29.1 Å². The fourth-order valence-corrected chi connectivity index (χ4v) is 9.98. The predicted molar refractivity (Wildman–Crippen MR) is 91.0 cm³/mol. The van der Waals surface area contributed by atoms with Crippen LogP contribution in [0.25, 0.3) is 0 Å². The number of hydrogen-bond donors (Lipinski definition) is 1. The van der Waals surface area contributed by atoms with Gasteiger partial charge in [0.2, 0.25) is 10.0 Å². The van der Waals surface area contributed by atoms with Crippen molar-refractivity contribution >= 4 is 29.7 Å². The molecule has 0 spiro atoms. The van der Waals surface area contributed by atoms with Gasteiger partial charge in [-0.25, -0.2) is 29.6 Å². The minimum Gasteiger partial charge on any atom is -0.306 e. The lowest BCUT2D eigenvalue weighted by Crippen LogP contribution is -2.67. The Kier molecular flexibility index (Phi) is 4.02. The third kappa shape index (κ3) is 2.97. The molecule has 3 aliphatic rings. The monoisotopic (exact) mass is 424 g/mol. The second kappa shape index (κ2) is 5.71. The van der Waals surface area contributed by atoms with Crippen LogP contribution in [0, 0.1) is 5.82 Å². The predicted octanol–water partition coefficient (Wildman–Crippen LogP) is -1.25. The Bertz CT molecular complexity index is 1000. The summed E-state index contributed by atoms with van der Waals surface area (Å²) in [5.41, 5.74) is 0. The molecule has 4 atom stereocenters. The van der Waals surface area contributed by atoms with Crippen LogP contribution in [-0.2, 0) is 29.7 Å². The number of rotatable bonds is 2. The van der Waals surface area contributed by atoms with Crippen LogP contribution in [-0.4, -0.2) is 76.7 Å². The summed E-state index contributed by atoms with van der Waals surface area (Å²) in [6.07, 6.45) is 0. The summed E-state index contributed by atoms with van der Waals surface area (Å²) in [5.74, 6) is -1.82. The summed E-state index contributed by atoms with van der Waals surface area (Å²) in [6, 6.07) is 1.11. The zero-order chi connectivity index (χ0) is 18.9. The van der Waals surface area contributed by atoms with Crippen molar-refractivity contribution in [3.05, 3.63) is 30.1 Å². The Morgan fingerprint density at radius 3 is 1.81 bits per heavy atom. The first-order chi connectivity index (χ1) is 12.0. The molecule has 0 bridgehead atoms. The van der Waals surface area contributed by atoms with E-state index >= 15 is 0 Å². The third-order valence-corrected chi connectivity index (χ3v) is 10.5. The molecule has 3 heterocycles. The molecule has 0 unspecified atom stereocenters. The molecule has 26 heavy (non-hydrogen) atoms. The highest BCUT2D eigenvalue weighted by Gasteiger charge is 2.57. The van der Waals surface area contributed by atoms with Crippen molar-refractivity contribution in [2.75, 3.05) is 23.0 Å². The smallest absolute Gasteiger partial charge is 0.243 e. The molecule has 4 rings (SSSR count). The highest BCUT2D eigenvalue weighted by Crippen LogP contribution is 2.35. The lowest BCUT2D eigenvalue weighted by molar-refractivity contribution is 0.160. The average Bonchev–Trinajstić information content (AvgIpc) is 2.96. The van der Waals surface area contributed by atoms with Gasteiger partial charge in [-0.15, -0.1) is 0 Å². The van der Waals surface area contributed by atoms with Crippen molar-refractivity contribution < 1.29 is 29.6 Å². The fraction of sp³-hybridized carbons (Fsp3) is 0.571. The van der Waals surface area contributed by atoms with Crippen LogP contribution in [0.3, 0.4) is 0 Å². The molecule has 3 aliphatic heterocycles. The fourth-order valence-electron chi connectivity index (χ4n) is 4.08. The maximum absolute atomic E-state index is 13.2. The number of sulfonamides is 1. The molecular weight excluding hydrogens is 407 g/mol. The number of sulfone groups is 2. The highest BCUT2D eigenvalue weighted by molar-refractivity contribution is 7.92. The maximum Gasteiger partial charge on any atom is 0.243 e. The number of benzene rings is 1. The minimum absolute atomic E-state index is 0.188. The van der Waals surface area contributed by atoms with Gasteiger partial charge in [0, 0.05) is 12.1 Å². The second-order valence-electron chi connectivity index (χ2n) is 6.96. The molecule has 0 radical (unpaired) electrons. The lowest BCUT2D eigenvalue weighted by atomic mass is 10.0. The van der Waals surface area contributed by atoms with E-state index in [1.54, 1.807) is 0 Å². The molecule has 144 valence electrons. The van der Waals surface area contributed by atoms with E-state index in [2.05, 4.69) is 5.32 Å². The molecule has 3 fully saturated rings. The molecule has 0 saturated carbocycles. The van der Waals surface area contributed by atoms with E-state index < -0.39 is 59.7 Å². The summed E-state index contributed by atoms with van der Waals surface area (Å²) in [4.78, 5) is -0.188. The number of piperazine rings is 1. The van der Waals surface area contributed by atoms with E-state index in [9.17, 15) is 29.6 Å². The zero-order valence-electron chi connectivity index (χ0n) is 13.4. The quantitative estimate of drug-likeness (QED) is 0.630. The van der Waals surface area contributed by atoms with Crippen molar-refractivity contribution in [2.24, 2.45) is 0 Å². The summed E-state index contributed by atoms with van der Waals surface area (Å²) in [7, 11) is -11.1. The first-order valence-electron chi connectivity index (χ1n) is 7.95. The zero-order valence-corrected chi connectivity index (χ0v) is 15.9. The molecule has 1 aromatic rings. The molecule has 0 aliphatic carbocycles. The number of hydrogen-bond acceptors (Lipinski definition) is 7. The van der Waals surface area contributed by atoms with Crippen LogP contribution < -0.4 is 5.32 Å². The van der Waals surface area contributed by atoms with E-state index in [4.69, 9.17) is 0 Å². The lowest BCUT2D eigenvalue weighted by Gasteiger charge is -2.43. The second-order valence-corrected chi connectivity index (χ2v) is 13.1. The van der Waals surface area contributed by atoms with Gasteiger partial charge in [0.05, 0.1) is 40.0 Å². The van der Waals surface area contributed by atoms with Crippen LogP contribution in [0.15, 0.2) is 29.2 Å². The van der Waals surface area contributed by atoms with E-state index in [0.717, 1.165) is 28.6 Å². The molecule has 8 nitrogen and oxygen atoms in total. The Morgan fingerprint density at radius 2 is 1.35 bits per heavy atom. The number of nitrogens with zero attached hydrogens (tertiary/aromatic N) is 1. The van der Waals surface area contributed by atoms with Gasteiger partial charge in [-0.1, -0.05) is 0 Å². The largest absolute Gasteiger partial charge is 0.306 e. The van der Waals surface area contributed by atoms with Gasteiger partial charge in [0.15, 0.2) is 19.7 Å². The van der Waals surface area contributed by atoms with Gasteiger partial charge < -0.3 is 5.32 Å². The van der Waals surface area contributed by atoms with E-state index in [1.165, 1.54) is 0 Å². The van der Waals surface area contributed by atoms with Gasteiger partial charge in [-0.05, 0) is 24.3 Å². The molecule has 0 amide bonds. The van der Waals surface area contributed by atoms with Crippen LogP contribution in [0.2, 0.25) is 0 Å². The van der Waals surface area contributed by atoms with Crippen LogP contribution in [0.5, 0.6) is 0 Å². The summed E-state index contributed by atoms with van der Waals surface area (Å²) < 4.78 is 88.9. The van der Waals surface area contributed by atoms with E-state index in [1.807, 2.05) is 0 Å². The van der Waals surface area contributed by atoms with Crippen molar-refractivity contribution in [1.29, 1.82) is 0 Å². The summed E-state index contributed by atoms with van der Waals surface area (Å²) in [5, 5.41) is 3.03. The molecular formula is C14H17FN2O6S3. The summed E-state index contributed by atoms with van der Waals surface area (Å²) >= 11 is 0. The third-order valence-electron chi connectivity index (χ3n) is 5.12. The van der Waals surface area contributed by atoms with Gasteiger partial charge >= 0.3 is 0 Å². The Morgan fingerprint density at radius 1 is 0.885 bits per heavy atom. The highest BCUT2D eigenvalue weighted by atomic mass is 32.2. The van der Waals surface area contributed by atoms with Gasteiger partial charge in [-0.3, -0.25) is 0 Å². The molecule has 3 saturated heterocycles. The molecule has 12 heteroatoms. The number of nitrogens with one attached hydrogen (secondary N) is 1. The molecule has 0 aromatic heterocycles. The average molecular weight is 424 g/mol. The SMILES string of the molecule is O=S1(=O)C[C@@H]2N[C@@H]3CS(=O)(=O)C[C@@H]3N(S(=O)(=O)c3ccc(F)cc3)[C@@H]2C1. The number of fused-ring (bicyclic) bond motifs is 2. The van der Waals surface area contributed by atoms with Gasteiger partial charge in [0.25, 0.3) is 0 Å². The van der Waals surface area contributed by atoms with Gasteiger partial charge in [-0.2, -0.15) is 4.31 Å². The summed E-state index contributed by atoms with van der Waals surface area (Å²) in [6.45, 7) is 0. The first-order valence-corrected chi connectivity index (χ1v) is 13.0. The van der Waals surface area contributed by atoms with Crippen LogP contribution in [0.1, 0.15) is 0 Å². The number of halogens is 1. The van der Waals surface area contributed by atoms with Crippen molar-refractivity contribution in [3.63, 3.8) is 0 Å². The van der Waals surface area contributed by atoms with E-state index in [0.29, 0.717) is 0 Å².